The average Bonchev–Trinajstić information content (AvgIpc) is 3.06. The molecule has 0 N–H and O–H groups in total. The van der Waals surface area contributed by atoms with Crippen LogP contribution in [0.2, 0.25) is 0 Å². The number of hydrogen-bond acceptors (Lipinski definition) is 6. The molecule has 2 heterocycles. The summed E-state index contributed by atoms with van der Waals surface area (Å²) >= 11 is 3.27. The normalized spacial score (nSPS) is 13.6. The summed E-state index contributed by atoms with van der Waals surface area (Å²) in [5.74, 6) is 3.08. The molecular formula is C22H24N2O4S2. The first-order valence-corrected chi connectivity index (χ1v) is 11.9. The predicted octanol–water partition coefficient (Wildman–Crippen LogP) is 3.82. The van der Waals surface area contributed by atoms with E-state index in [9.17, 15) is 4.79 Å². The van der Waals surface area contributed by atoms with E-state index in [0.29, 0.717) is 18.0 Å². The number of fused-ring (bicyclic) bond motifs is 2. The number of methoxy groups -OCH3 is 1. The van der Waals surface area contributed by atoms with Crippen LogP contribution in [0.15, 0.2) is 35.3 Å². The third-order valence-corrected chi connectivity index (χ3v) is 6.53. The zero-order chi connectivity index (χ0) is 21.1. The van der Waals surface area contributed by atoms with Gasteiger partial charge in [-0.3, -0.25) is 4.79 Å². The molecule has 4 rings (SSSR count). The first-order chi connectivity index (χ1) is 14.6. The Morgan fingerprint density at radius 1 is 1.23 bits per heavy atom. The van der Waals surface area contributed by atoms with E-state index in [1.807, 2.05) is 37.3 Å². The minimum absolute atomic E-state index is 0.165. The van der Waals surface area contributed by atoms with Crippen LogP contribution >= 0.6 is 23.1 Å². The second-order valence-electron chi connectivity index (χ2n) is 6.98. The third kappa shape index (κ3) is 4.34. The minimum Gasteiger partial charge on any atom is -0.496 e. The molecule has 0 bridgehead atoms. The van der Waals surface area contributed by atoms with Crippen molar-refractivity contribution in [1.82, 2.24) is 4.57 Å². The summed E-state index contributed by atoms with van der Waals surface area (Å²) in [6, 6.07) is 9.76. The van der Waals surface area contributed by atoms with Crippen LogP contribution in [0.25, 0.3) is 10.2 Å². The number of thioether (sulfide) groups is 1. The van der Waals surface area contributed by atoms with Crippen LogP contribution in [-0.2, 0) is 17.8 Å². The smallest absolute Gasteiger partial charge is 0.252 e. The maximum Gasteiger partial charge on any atom is 0.252 e. The molecule has 1 aliphatic rings. The van der Waals surface area contributed by atoms with Crippen LogP contribution in [-0.4, -0.2) is 42.8 Å². The van der Waals surface area contributed by atoms with Crippen molar-refractivity contribution >= 4 is 39.2 Å². The number of thiazole rings is 1. The maximum atomic E-state index is 12.7. The van der Waals surface area contributed by atoms with Gasteiger partial charge in [0.2, 0.25) is 0 Å². The number of rotatable bonds is 6. The van der Waals surface area contributed by atoms with Gasteiger partial charge in [0, 0.05) is 24.4 Å². The Morgan fingerprint density at radius 3 is 2.70 bits per heavy atom. The minimum atomic E-state index is -0.165. The number of amides is 1. The van der Waals surface area contributed by atoms with Gasteiger partial charge < -0.3 is 18.8 Å². The first-order valence-electron chi connectivity index (χ1n) is 9.72. The summed E-state index contributed by atoms with van der Waals surface area (Å²) in [6.07, 6.45) is 2.33. The Morgan fingerprint density at radius 2 is 2.00 bits per heavy atom. The molecule has 158 valence electrons. The van der Waals surface area contributed by atoms with Gasteiger partial charge in [-0.05, 0) is 30.4 Å². The first kappa shape index (κ1) is 20.8. The van der Waals surface area contributed by atoms with E-state index < -0.39 is 0 Å². The molecule has 0 unspecified atom stereocenters. The van der Waals surface area contributed by atoms with Crippen molar-refractivity contribution in [3.05, 3.63) is 46.3 Å². The van der Waals surface area contributed by atoms with Crippen molar-refractivity contribution in [2.24, 2.45) is 4.99 Å². The van der Waals surface area contributed by atoms with E-state index in [1.165, 1.54) is 11.3 Å². The molecule has 0 atom stereocenters. The van der Waals surface area contributed by atoms with Gasteiger partial charge in [0.15, 0.2) is 16.3 Å². The number of benzene rings is 2. The topological polar surface area (TPSA) is 62.0 Å². The van der Waals surface area contributed by atoms with Crippen molar-refractivity contribution in [1.29, 1.82) is 0 Å². The molecule has 1 amide bonds. The Hall–Kier alpha value is -2.45. The van der Waals surface area contributed by atoms with Crippen LogP contribution in [0.3, 0.4) is 0 Å². The summed E-state index contributed by atoms with van der Waals surface area (Å²) in [4.78, 5) is 17.9. The number of aromatic nitrogens is 1. The monoisotopic (exact) mass is 444 g/mol. The lowest BCUT2D eigenvalue weighted by molar-refractivity contribution is -0.117. The van der Waals surface area contributed by atoms with Crippen LogP contribution in [0.4, 0.5) is 0 Å². The zero-order valence-electron chi connectivity index (χ0n) is 17.3. The highest BCUT2D eigenvalue weighted by Gasteiger charge is 2.17. The van der Waals surface area contributed by atoms with E-state index >= 15 is 0 Å². The van der Waals surface area contributed by atoms with Gasteiger partial charge in [-0.1, -0.05) is 23.5 Å². The Kier molecular flexibility index (Phi) is 6.34. The summed E-state index contributed by atoms with van der Waals surface area (Å²) in [5.41, 5.74) is 2.95. The molecular weight excluding hydrogens is 420 g/mol. The SMILES string of the molecule is COc1ccc(CC(=O)N=c2sc3cc4c(cc3n2CCSC)OCCO4)cc1C. The van der Waals surface area contributed by atoms with Gasteiger partial charge in [0.05, 0.1) is 23.7 Å². The Balaban J connectivity index is 1.69. The summed E-state index contributed by atoms with van der Waals surface area (Å²) in [5, 5.41) is 0. The molecule has 6 nitrogen and oxygen atoms in total. The lowest BCUT2D eigenvalue weighted by atomic mass is 10.1. The molecule has 0 saturated heterocycles. The van der Waals surface area contributed by atoms with Crippen LogP contribution in [0.5, 0.6) is 17.2 Å². The molecule has 0 spiro atoms. The molecule has 0 saturated carbocycles. The number of hydrogen-bond donors (Lipinski definition) is 0. The fraction of sp³-hybridized carbons (Fsp3) is 0.364. The van der Waals surface area contributed by atoms with Gasteiger partial charge in [-0.15, -0.1) is 0 Å². The molecule has 1 aromatic heterocycles. The molecule has 0 fully saturated rings. The van der Waals surface area contributed by atoms with E-state index in [1.54, 1.807) is 18.9 Å². The number of carbonyl (C=O) groups excluding carboxylic acids is 1. The maximum absolute atomic E-state index is 12.7. The average molecular weight is 445 g/mol. The van der Waals surface area contributed by atoms with Gasteiger partial charge in [-0.2, -0.15) is 16.8 Å². The summed E-state index contributed by atoms with van der Waals surface area (Å²) < 4.78 is 19.9. The van der Waals surface area contributed by atoms with Crippen molar-refractivity contribution in [2.75, 3.05) is 32.3 Å². The van der Waals surface area contributed by atoms with Crippen LogP contribution < -0.4 is 19.0 Å². The standard InChI is InChI=1S/C22H24N2O4S2/c1-14-10-15(4-5-17(14)26-2)11-21(25)23-22-24(6-9-29-3)16-12-18-19(13-20(16)30-22)28-8-7-27-18/h4-5,10,12-13H,6-9,11H2,1-3H3. The Labute approximate surface area is 183 Å². The van der Waals surface area contributed by atoms with E-state index in [-0.39, 0.29) is 12.3 Å². The highest BCUT2D eigenvalue weighted by molar-refractivity contribution is 7.98. The third-order valence-electron chi connectivity index (χ3n) is 4.90. The summed E-state index contributed by atoms with van der Waals surface area (Å²) in [7, 11) is 1.64. The number of carbonyl (C=O) groups is 1. The van der Waals surface area contributed by atoms with E-state index in [0.717, 1.165) is 50.9 Å². The van der Waals surface area contributed by atoms with Crippen LogP contribution in [0, 0.1) is 6.92 Å². The lowest BCUT2D eigenvalue weighted by Crippen LogP contribution is -2.19. The molecule has 2 aromatic carbocycles. The van der Waals surface area contributed by atoms with Gasteiger partial charge >= 0.3 is 0 Å². The lowest BCUT2D eigenvalue weighted by Gasteiger charge is -2.18. The molecule has 1 aliphatic heterocycles. The molecule has 0 aliphatic carbocycles. The van der Waals surface area contributed by atoms with Crippen molar-refractivity contribution in [2.45, 2.75) is 19.9 Å². The van der Waals surface area contributed by atoms with Crippen molar-refractivity contribution in [3.63, 3.8) is 0 Å². The largest absolute Gasteiger partial charge is 0.496 e. The predicted molar refractivity (Wildman–Crippen MR) is 121 cm³/mol. The van der Waals surface area contributed by atoms with E-state index in [2.05, 4.69) is 15.8 Å². The molecule has 0 radical (unpaired) electrons. The van der Waals surface area contributed by atoms with Gasteiger partial charge in [0.1, 0.15) is 19.0 Å². The molecule has 30 heavy (non-hydrogen) atoms. The fourth-order valence-electron chi connectivity index (χ4n) is 3.46. The van der Waals surface area contributed by atoms with Crippen molar-refractivity contribution in [3.8, 4) is 17.2 Å². The highest BCUT2D eigenvalue weighted by Crippen LogP contribution is 2.35. The summed E-state index contributed by atoms with van der Waals surface area (Å²) in [6.45, 7) is 3.84. The second kappa shape index (κ2) is 9.14. The zero-order valence-corrected chi connectivity index (χ0v) is 18.9. The molecule has 8 heteroatoms. The van der Waals surface area contributed by atoms with E-state index in [4.69, 9.17) is 14.2 Å². The van der Waals surface area contributed by atoms with Crippen molar-refractivity contribution < 1.29 is 19.0 Å². The fourth-order valence-corrected chi connectivity index (χ4v) is 4.91. The van der Waals surface area contributed by atoms with Gasteiger partial charge in [-0.25, -0.2) is 0 Å². The number of nitrogens with zero attached hydrogens (tertiary/aromatic N) is 2. The second-order valence-corrected chi connectivity index (χ2v) is 8.97. The highest BCUT2D eigenvalue weighted by atomic mass is 32.2. The molecule has 3 aromatic rings. The quantitative estimate of drug-likeness (QED) is 0.578. The number of aryl methyl sites for hydroxylation is 2. The van der Waals surface area contributed by atoms with Crippen LogP contribution in [0.1, 0.15) is 11.1 Å². The van der Waals surface area contributed by atoms with Gasteiger partial charge in [0.25, 0.3) is 5.91 Å². The Bertz CT molecular complexity index is 1150. The number of ether oxygens (including phenoxy) is 3.